The van der Waals surface area contributed by atoms with Crippen molar-refractivity contribution in [2.24, 2.45) is 0 Å². The van der Waals surface area contributed by atoms with Gasteiger partial charge in [-0.25, -0.2) is 0 Å². The van der Waals surface area contributed by atoms with Crippen molar-refractivity contribution in [1.82, 2.24) is 0 Å². The van der Waals surface area contributed by atoms with E-state index in [4.69, 9.17) is 16.3 Å². The van der Waals surface area contributed by atoms with Gasteiger partial charge in [0, 0.05) is 34.8 Å². The van der Waals surface area contributed by atoms with Gasteiger partial charge in [0.25, 0.3) is 0 Å². The van der Waals surface area contributed by atoms with Crippen molar-refractivity contribution in [3.63, 3.8) is 0 Å². The van der Waals surface area contributed by atoms with E-state index >= 15 is 0 Å². The van der Waals surface area contributed by atoms with E-state index in [1.807, 2.05) is 6.07 Å². The zero-order valence-electron chi connectivity index (χ0n) is 15.1. The van der Waals surface area contributed by atoms with Gasteiger partial charge in [0.1, 0.15) is 6.61 Å². The Morgan fingerprint density at radius 3 is 2.85 bits per heavy atom. The lowest BCUT2D eigenvalue weighted by atomic mass is 9.91. The van der Waals surface area contributed by atoms with Gasteiger partial charge in [0.15, 0.2) is 11.6 Å². The van der Waals surface area contributed by atoms with E-state index in [2.05, 4.69) is 0 Å². The molecule has 1 aromatic rings. The molecule has 0 radical (unpaired) electrons. The molecule has 0 aromatic heterocycles. The highest BCUT2D eigenvalue weighted by Crippen LogP contribution is 2.40. The molecule has 0 saturated heterocycles. The normalized spacial score (nSPS) is 16.4. The van der Waals surface area contributed by atoms with Crippen LogP contribution in [0.1, 0.15) is 48.5 Å². The summed E-state index contributed by atoms with van der Waals surface area (Å²) in [6, 6.07) is 3.67. The largest absolute Gasteiger partial charge is 0.465 e. The lowest BCUT2D eigenvalue weighted by Crippen LogP contribution is -2.20. The Morgan fingerprint density at radius 1 is 1.26 bits per heavy atom. The minimum atomic E-state index is -0.280. The molecule has 4 nitrogen and oxygen atoms in total. The summed E-state index contributed by atoms with van der Waals surface area (Å²) in [6.07, 6.45) is 3.00. The summed E-state index contributed by atoms with van der Waals surface area (Å²) in [5.41, 5.74) is 1.69. The topological polar surface area (TPSA) is 60.4 Å². The number of Topliss-reactive ketones (excluding diaryl/α,β-unsaturated/α-hetero) is 2. The van der Waals surface area contributed by atoms with Crippen LogP contribution in [0.2, 0.25) is 5.02 Å². The molecule has 0 fully saturated rings. The zero-order valence-corrected chi connectivity index (χ0v) is 17.5. The van der Waals surface area contributed by atoms with Crippen LogP contribution in [-0.4, -0.2) is 35.6 Å². The maximum absolute atomic E-state index is 13.2. The Kier molecular flexibility index (Phi) is 7.06. The molecule has 1 aliphatic carbocycles. The molecule has 1 heterocycles. The summed E-state index contributed by atoms with van der Waals surface area (Å²) >= 11 is 9.68. The first-order valence-electron chi connectivity index (χ1n) is 9.06. The molecule has 0 amide bonds. The molecule has 0 N–H and O–H groups in total. The predicted octanol–water partition coefficient (Wildman–Crippen LogP) is 4.86. The lowest BCUT2D eigenvalue weighted by Gasteiger charge is -2.19. The Labute approximate surface area is 172 Å². The first-order chi connectivity index (χ1) is 13.0. The molecule has 144 valence electrons. The number of esters is 1. The fraction of sp³-hybridized carbons (Fsp3) is 0.450. The number of thioether (sulfide) groups is 2. The molecule has 7 heteroatoms. The highest BCUT2D eigenvalue weighted by Gasteiger charge is 2.30. The number of hydrogen-bond donors (Lipinski definition) is 0. The van der Waals surface area contributed by atoms with Crippen LogP contribution in [0.3, 0.4) is 0 Å². The Bertz CT molecular complexity index is 816. The second-order valence-electron chi connectivity index (χ2n) is 6.33. The van der Waals surface area contributed by atoms with Crippen LogP contribution in [0.5, 0.6) is 0 Å². The van der Waals surface area contributed by atoms with Gasteiger partial charge in [0.2, 0.25) is 0 Å². The van der Waals surface area contributed by atoms with Gasteiger partial charge < -0.3 is 4.74 Å². The van der Waals surface area contributed by atoms with Crippen molar-refractivity contribution >= 4 is 52.7 Å². The Balaban J connectivity index is 1.82. The third kappa shape index (κ3) is 4.61. The third-order valence-corrected chi connectivity index (χ3v) is 7.22. The standard InChI is InChI=1S/C20H21ClO4S2/c1-2-17(23)25-9-11-27-16-5-3-4-14(22)18(16)20(24)13-6-7-15-12(19(13)21)8-10-26-15/h6-7H,2-5,8-11H2,1H3. The molecular weight excluding hydrogens is 404 g/mol. The number of hydrogen-bond acceptors (Lipinski definition) is 6. The number of carbonyl (C=O) groups excluding carboxylic acids is 3. The number of benzene rings is 1. The molecular formula is C20H21ClO4S2. The molecule has 0 unspecified atom stereocenters. The SMILES string of the molecule is CCC(=O)OCCSC1=C(C(=O)c2ccc3c(c2Cl)CCS3)C(=O)CCC1. The smallest absolute Gasteiger partial charge is 0.305 e. The first-order valence-corrected chi connectivity index (χ1v) is 11.4. The van der Waals surface area contributed by atoms with Crippen molar-refractivity contribution in [3.05, 3.63) is 38.8 Å². The number of ketones is 2. The number of ether oxygens (including phenoxy) is 1. The molecule has 1 aliphatic heterocycles. The van der Waals surface area contributed by atoms with Gasteiger partial charge in [-0.3, -0.25) is 14.4 Å². The summed E-state index contributed by atoms with van der Waals surface area (Å²) in [5.74, 6) is 0.845. The maximum Gasteiger partial charge on any atom is 0.305 e. The van der Waals surface area contributed by atoms with Crippen LogP contribution < -0.4 is 0 Å². The van der Waals surface area contributed by atoms with Gasteiger partial charge in [-0.05, 0) is 41.9 Å². The van der Waals surface area contributed by atoms with E-state index < -0.39 is 0 Å². The average Bonchev–Trinajstić information content (AvgIpc) is 3.14. The van der Waals surface area contributed by atoms with Crippen LogP contribution in [0.25, 0.3) is 0 Å². The highest BCUT2D eigenvalue weighted by atomic mass is 35.5. The number of carbonyl (C=O) groups is 3. The molecule has 0 bridgehead atoms. The third-order valence-electron chi connectivity index (χ3n) is 4.56. The second-order valence-corrected chi connectivity index (χ2v) is 9.03. The van der Waals surface area contributed by atoms with Crippen molar-refractivity contribution in [2.75, 3.05) is 18.1 Å². The molecule has 2 aliphatic rings. The van der Waals surface area contributed by atoms with E-state index in [1.165, 1.54) is 11.8 Å². The highest BCUT2D eigenvalue weighted by molar-refractivity contribution is 8.03. The van der Waals surface area contributed by atoms with Crippen molar-refractivity contribution in [3.8, 4) is 0 Å². The Hall–Kier alpha value is -1.24. The predicted molar refractivity (Wildman–Crippen MR) is 110 cm³/mol. The van der Waals surface area contributed by atoms with Crippen LogP contribution in [-0.2, 0) is 20.7 Å². The molecule has 0 atom stereocenters. The molecule has 0 saturated carbocycles. The van der Waals surface area contributed by atoms with Crippen LogP contribution in [0.4, 0.5) is 0 Å². The van der Waals surface area contributed by atoms with Crippen LogP contribution >= 0.6 is 35.1 Å². The van der Waals surface area contributed by atoms with Gasteiger partial charge >= 0.3 is 5.97 Å². The van der Waals surface area contributed by atoms with E-state index in [9.17, 15) is 14.4 Å². The minimum absolute atomic E-state index is 0.120. The zero-order chi connectivity index (χ0) is 19.4. The molecule has 27 heavy (non-hydrogen) atoms. The first kappa shape index (κ1) is 20.5. The summed E-state index contributed by atoms with van der Waals surface area (Å²) in [6.45, 7) is 2.01. The monoisotopic (exact) mass is 424 g/mol. The number of allylic oxidation sites excluding steroid dienone is 2. The van der Waals surface area contributed by atoms with Crippen LogP contribution in [0, 0.1) is 0 Å². The fourth-order valence-corrected chi connectivity index (χ4v) is 5.70. The molecule has 0 spiro atoms. The number of rotatable bonds is 7. The van der Waals surface area contributed by atoms with Crippen LogP contribution in [0.15, 0.2) is 27.5 Å². The summed E-state index contributed by atoms with van der Waals surface area (Å²) in [4.78, 5) is 38.8. The van der Waals surface area contributed by atoms with Crippen molar-refractivity contribution < 1.29 is 19.1 Å². The molecule has 3 rings (SSSR count). The summed E-state index contributed by atoms with van der Waals surface area (Å²) < 4.78 is 5.08. The minimum Gasteiger partial charge on any atom is -0.465 e. The van der Waals surface area contributed by atoms with Crippen molar-refractivity contribution in [1.29, 1.82) is 0 Å². The second kappa shape index (κ2) is 9.30. The summed E-state index contributed by atoms with van der Waals surface area (Å²) in [5, 5.41) is 0.481. The number of fused-ring (bicyclic) bond motifs is 1. The van der Waals surface area contributed by atoms with E-state index in [1.54, 1.807) is 24.8 Å². The van der Waals surface area contributed by atoms with Gasteiger partial charge in [-0.2, -0.15) is 0 Å². The van der Waals surface area contributed by atoms with Crippen molar-refractivity contribution in [2.45, 2.75) is 43.9 Å². The quantitative estimate of drug-likeness (QED) is 0.269. The van der Waals surface area contributed by atoms with E-state index in [-0.39, 0.29) is 29.7 Å². The number of halogens is 1. The van der Waals surface area contributed by atoms with Gasteiger partial charge in [-0.1, -0.05) is 18.5 Å². The van der Waals surface area contributed by atoms with Gasteiger partial charge in [-0.15, -0.1) is 23.5 Å². The maximum atomic E-state index is 13.2. The summed E-state index contributed by atoms with van der Waals surface area (Å²) in [7, 11) is 0. The average molecular weight is 425 g/mol. The molecule has 1 aromatic carbocycles. The fourth-order valence-electron chi connectivity index (χ4n) is 3.18. The Morgan fingerprint density at radius 2 is 2.07 bits per heavy atom. The van der Waals surface area contributed by atoms with E-state index in [0.717, 1.165) is 34.0 Å². The van der Waals surface area contributed by atoms with Gasteiger partial charge in [0.05, 0.1) is 10.6 Å². The lowest BCUT2D eigenvalue weighted by molar-refractivity contribution is -0.142. The van der Waals surface area contributed by atoms with E-state index in [0.29, 0.717) is 35.6 Å².